The molecular formula is C74H143NO5. The highest BCUT2D eigenvalue weighted by atomic mass is 16.5. The Kier molecular flexibility index (Phi) is 68.4. The zero-order valence-corrected chi connectivity index (χ0v) is 54.3. The summed E-state index contributed by atoms with van der Waals surface area (Å²) in [7, 11) is 0. The summed E-state index contributed by atoms with van der Waals surface area (Å²) in [6.07, 6.45) is 88.7. The van der Waals surface area contributed by atoms with Gasteiger partial charge in [0.15, 0.2) is 0 Å². The number of ether oxygens (including phenoxy) is 1. The van der Waals surface area contributed by atoms with Crippen molar-refractivity contribution in [2.24, 2.45) is 0 Å². The van der Waals surface area contributed by atoms with Crippen LogP contribution in [0.5, 0.6) is 0 Å². The molecule has 0 spiro atoms. The average Bonchev–Trinajstić information content (AvgIpc) is 3.46. The van der Waals surface area contributed by atoms with Gasteiger partial charge >= 0.3 is 5.97 Å². The largest absolute Gasteiger partial charge is 0.466 e. The summed E-state index contributed by atoms with van der Waals surface area (Å²) in [5.41, 5.74) is 0. The van der Waals surface area contributed by atoms with Gasteiger partial charge in [-0.15, -0.1) is 0 Å². The van der Waals surface area contributed by atoms with Gasteiger partial charge in [0.25, 0.3) is 0 Å². The molecule has 0 rings (SSSR count). The molecular weight excluding hydrogens is 983 g/mol. The lowest BCUT2D eigenvalue weighted by molar-refractivity contribution is -0.143. The number of unbranched alkanes of at least 4 members (excludes halogenated alkanes) is 56. The average molecular weight is 1130 g/mol. The van der Waals surface area contributed by atoms with Gasteiger partial charge < -0.3 is 20.3 Å². The van der Waals surface area contributed by atoms with Crippen LogP contribution in [0, 0.1) is 0 Å². The molecule has 0 saturated heterocycles. The van der Waals surface area contributed by atoms with Crippen LogP contribution in [-0.2, 0) is 14.3 Å². The number of amides is 1. The summed E-state index contributed by atoms with van der Waals surface area (Å²) >= 11 is 0. The Morgan fingerprint density at radius 3 is 0.887 bits per heavy atom. The van der Waals surface area contributed by atoms with Crippen LogP contribution >= 0.6 is 0 Å². The summed E-state index contributed by atoms with van der Waals surface area (Å²) < 4.78 is 5.51. The van der Waals surface area contributed by atoms with E-state index in [4.69, 9.17) is 4.74 Å². The molecule has 2 unspecified atom stereocenters. The molecule has 0 aromatic carbocycles. The van der Waals surface area contributed by atoms with Gasteiger partial charge in [0.1, 0.15) is 0 Å². The van der Waals surface area contributed by atoms with Crippen molar-refractivity contribution in [2.75, 3.05) is 13.2 Å². The first-order chi connectivity index (χ1) is 39.5. The molecule has 6 heteroatoms. The minimum absolute atomic E-state index is 0.0253. The number of aliphatic hydroxyl groups is 2. The van der Waals surface area contributed by atoms with Crippen molar-refractivity contribution in [3.8, 4) is 0 Å². The highest BCUT2D eigenvalue weighted by Crippen LogP contribution is 2.19. The highest BCUT2D eigenvalue weighted by Gasteiger charge is 2.18. The van der Waals surface area contributed by atoms with Crippen molar-refractivity contribution in [1.29, 1.82) is 0 Å². The number of aliphatic hydroxyl groups excluding tert-OH is 2. The van der Waals surface area contributed by atoms with Crippen LogP contribution in [0.25, 0.3) is 0 Å². The fraction of sp³-hybridized carbons (Fsp3) is 0.919. The SMILES string of the molecule is CCCCCCCCCC/C=C/C(O)C(CO)NC(=O)CCCCCCCCCCCCCCCCCCC/C=C\CCCCCCCCCCCCCCCCCCOC(=O)CCCCCCCCCCCCCCCCCC. The van der Waals surface area contributed by atoms with Gasteiger partial charge in [0.2, 0.25) is 5.91 Å². The smallest absolute Gasteiger partial charge is 0.305 e. The molecule has 0 heterocycles. The van der Waals surface area contributed by atoms with E-state index < -0.39 is 12.1 Å². The van der Waals surface area contributed by atoms with Crippen molar-refractivity contribution in [1.82, 2.24) is 5.32 Å². The Morgan fingerprint density at radius 2 is 0.588 bits per heavy atom. The highest BCUT2D eigenvalue weighted by molar-refractivity contribution is 5.76. The maximum absolute atomic E-state index is 12.4. The van der Waals surface area contributed by atoms with Gasteiger partial charge in [0.05, 0.1) is 25.4 Å². The Labute approximate surface area is 501 Å². The predicted molar refractivity (Wildman–Crippen MR) is 352 cm³/mol. The fourth-order valence-corrected chi connectivity index (χ4v) is 11.6. The van der Waals surface area contributed by atoms with E-state index in [1.165, 1.54) is 347 Å². The summed E-state index contributed by atoms with van der Waals surface area (Å²) in [4.78, 5) is 24.5. The lowest BCUT2D eigenvalue weighted by atomic mass is 10.0. The Morgan fingerprint density at radius 1 is 0.338 bits per heavy atom. The van der Waals surface area contributed by atoms with Gasteiger partial charge in [-0.25, -0.2) is 0 Å². The molecule has 474 valence electrons. The quantitative estimate of drug-likeness (QED) is 0.0320. The van der Waals surface area contributed by atoms with Gasteiger partial charge in [-0.05, 0) is 57.8 Å². The van der Waals surface area contributed by atoms with E-state index in [1.54, 1.807) is 6.08 Å². The molecule has 0 aliphatic carbocycles. The molecule has 2 atom stereocenters. The number of esters is 1. The minimum Gasteiger partial charge on any atom is -0.466 e. The van der Waals surface area contributed by atoms with E-state index in [2.05, 4.69) is 31.3 Å². The lowest BCUT2D eigenvalue weighted by Gasteiger charge is -2.20. The Hall–Kier alpha value is -1.66. The zero-order chi connectivity index (χ0) is 57.8. The summed E-state index contributed by atoms with van der Waals surface area (Å²) in [6.45, 7) is 4.92. The van der Waals surface area contributed by atoms with Crippen LogP contribution in [0.15, 0.2) is 24.3 Å². The first-order valence-corrected chi connectivity index (χ1v) is 36.6. The summed E-state index contributed by atoms with van der Waals surface area (Å²) in [6, 6.07) is -0.622. The van der Waals surface area contributed by atoms with E-state index in [1.807, 2.05) is 6.08 Å². The van der Waals surface area contributed by atoms with Gasteiger partial charge in [-0.3, -0.25) is 9.59 Å². The van der Waals surface area contributed by atoms with Crippen LogP contribution in [-0.4, -0.2) is 47.4 Å². The minimum atomic E-state index is -0.839. The first kappa shape index (κ1) is 78.3. The monoisotopic (exact) mass is 1130 g/mol. The van der Waals surface area contributed by atoms with Gasteiger partial charge in [-0.2, -0.15) is 0 Å². The third-order valence-corrected chi connectivity index (χ3v) is 17.2. The molecule has 1 amide bonds. The number of hydrogen-bond donors (Lipinski definition) is 3. The van der Waals surface area contributed by atoms with Crippen LogP contribution in [0.2, 0.25) is 0 Å². The molecule has 0 fully saturated rings. The van der Waals surface area contributed by atoms with Crippen LogP contribution in [0.1, 0.15) is 412 Å². The Balaban J connectivity index is 3.30. The van der Waals surface area contributed by atoms with Gasteiger partial charge in [-0.1, -0.05) is 366 Å². The van der Waals surface area contributed by atoms with Crippen molar-refractivity contribution in [3.63, 3.8) is 0 Å². The topological polar surface area (TPSA) is 95.9 Å². The van der Waals surface area contributed by atoms with Crippen LogP contribution in [0.4, 0.5) is 0 Å². The maximum Gasteiger partial charge on any atom is 0.305 e. The summed E-state index contributed by atoms with van der Waals surface area (Å²) in [5.74, 6) is -0.0388. The first-order valence-electron chi connectivity index (χ1n) is 36.6. The second-order valence-corrected chi connectivity index (χ2v) is 25.3. The lowest BCUT2D eigenvalue weighted by Crippen LogP contribution is -2.45. The third-order valence-electron chi connectivity index (χ3n) is 17.2. The van der Waals surface area contributed by atoms with Gasteiger partial charge in [0, 0.05) is 12.8 Å². The number of hydrogen-bond acceptors (Lipinski definition) is 5. The van der Waals surface area contributed by atoms with Crippen molar-refractivity contribution in [2.45, 2.75) is 424 Å². The molecule has 0 bridgehead atoms. The Bertz CT molecular complexity index is 1250. The maximum atomic E-state index is 12.4. The number of rotatable bonds is 69. The second-order valence-electron chi connectivity index (χ2n) is 25.3. The summed E-state index contributed by atoms with van der Waals surface area (Å²) in [5, 5.41) is 23.0. The van der Waals surface area contributed by atoms with Crippen molar-refractivity contribution >= 4 is 11.9 Å². The van der Waals surface area contributed by atoms with Crippen LogP contribution < -0.4 is 5.32 Å². The molecule has 0 saturated carbocycles. The number of carbonyl (C=O) groups is 2. The normalized spacial score (nSPS) is 12.6. The number of nitrogens with one attached hydrogen (secondary N) is 1. The van der Waals surface area contributed by atoms with E-state index in [0.717, 1.165) is 38.5 Å². The molecule has 0 aliphatic rings. The van der Waals surface area contributed by atoms with E-state index in [0.29, 0.717) is 19.4 Å². The van der Waals surface area contributed by atoms with Crippen molar-refractivity contribution < 1.29 is 24.5 Å². The number of carbonyl (C=O) groups excluding carboxylic acids is 2. The molecule has 0 aromatic heterocycles. The number of allylic oxidation sites excluding steroid dienone is 3. The molecule has 0 radical (unpaired) electrons. The standard InChI is InChI=1S/C74H143NO5/c1-3-5-7-9-11-13-15-16-17-42-45-48-52-56-60-64-68-74(79)80-69-65-61-57-53-49-46-43-40-38-36-34-32-30-28-26-24-22-20-18-19-21-23-25-27-29-31-33-35-37-39-41-44-47-51-55-59-63-67-73(78)75-71(70-76)72(77)66-62-58-54-50-14-12-10-8-6-4-2/h18,20,62,66,71-72,76-77H,3-17,19,21-61,63-65,67-70H2,1-2H3,(H,75,78)/b20-18-,66-62+. The van der Waals surface area contributed by atoms with Crippen LogP contribution in [0.3, 0.4) is 0 Å². The van der Waals surface area contributed by atoms with E-state index >= 15 is 0 Å². The predicted octanol–water partition coefficient (Wildman–Crippen LogP) is 23.7. The van der Waals surface area contributed by atoms with E-state index in [-0.39, 0.29) is 18.5 Å². The van der Waals surface area contributed by atoms with Crippen molar-refractivity contribution in [3.05, 3.63) is 24.3 Å². The molecule has 6 nitrogen and oxygen atoms in total. The molecule has 80 heavy (non-hydrogen) atoms. The van der Waals surface area contributed by atoms with E-state index in [9.17, 15) is 19.8 Å². The second kappa shape index (κ2) is 69.8. The zero-order valence-electron chi connectivity index (χ0n) is 54.3. The molecule has 0 aromatic rings. The molecule has 0 aliphatic heterocycles. The molecule has 3 N–H and O–H groups in total. The third kappa shape index (κ3) is 65.5. The fourth-order valence-electron chi connectivity index (χ4n) is 11.6.